The first-order chi connectivity index (χ1) is 6.33. The lowest BCUT2D eigenvalue weighted by atomic mass is 10.1. The fourth-order valence-corrected chi connectivity index (χ4v) is 1.94. The van der Waals surface area contributed by atoms with E-state index >= 15 is 0 Å². The first kappa shape index (κ1) is 11.0. The second kappa shape index (κ2) is 5.61. The molecule has 1 fully saturated rings. The SMILES string of the molecule is CCCC1(CCC)OCCCCO1. The quantitative estimate of drug-likeness (QED) is 0.671. The van der Waals surface area contributed by atoms with E-state index in [0.717, 1.165) is 51.7 Å². The van der Waals surface area contributed by atoms with Crippen LogP contribution in [-0.2, 0) is 9.47 Å². The van der Waals surface area contributed by atoms with Crippen LogP contribution in [0.3, 0.4) is 0 Å². The van der Waals surface area contributed by atoms with E-state index in [9.17, 15) is 0 Å². The van der Waals surface area contributed by atoms with Gasteiger partial charge in [-0.2, -0.15) is 0 Å². The first-order valence-corrected chi connectivity index (χ1v) is 5.61. The van der Waals surface area contributed by atoms with Gasteiger partial charge >= 0.3 is 0 Å². The van der Waals surface area contributed by atoms with Crippen molar-refractivity contribution in [3.63, 3.8) is 0 Å². The molecule has 78 valence electrons. The standard InChI is InChI=1S/C11H22O2/c1-3-7-11(8-4-2)12-9-5-6-10-13-11/h3-10H2,1-2H3. The molecule has 0 aromatic heterocycles. The van der Waals surface area contributed by atoms with Gasteiger partial charge in [0.1, 0.15) is 0 Å². The van der Waals surface area contributed by atoms with E-state index in [-0.39, 0.29) is 5.79 Å². The predicted octanol–water partition coefficient (Wildman–Crippen LogP) is 3.11. The lowest BCUT2D eigenvalue weighted by molar-refractivity contribution is -0.233. The maximum absolute atomic E-state index is 5.85. The van der Waals surface area contributed by atoms with Crippen LogP contribution in [0.2, 0.25) is 0 Å². The van der Waals surface area contributed by atoms with Crippen LogP contribution in [0, 0.1) is 0 Å². The van der Waals surface area contributed by atoms with Gasteiger partial charge < -0.3 is 9.47 Å². The van der Waals surface area contributed by atoms with E-state index in [1.807, 2.05) is 0 Å². The molecule has 0 N–H and O–H groups in total. The maximum atomic E-state index is 5.85. The second-order valence-electron chi connectivity index (χ2n) is 3.81. The highest BCUT2D eigenvalue weighted by atomic mass is 16.7. The van der Waals surface area contributed by atoms with E-state index in [4.69, 9.17) is 9.47 Å². The van der Waals surface area contributed by atoms with Gasteiger partial charge in [-0.25, -0.2) is 0 Å². The van der Waals surface area contributed by atoms with Crippen LogP contribution in [-0.4, -0.2) is 19.0 Å². The summed E-state index contributed by atoms with van der Waals surface area (Å²) in [5.41, 5.74) is 0. The molecule has 1 saturated heterocycles. The molecular formula is C11H22O2. The molecule has 1 heterocycles. The molecule has 0 aliphatic carbocycles. The average molecular weight is 186 g/mol. The van der Waals surface area contributed by atoms with Crippen LogP contribution in [0.4, 0.5) is 0 Å². The van der Waals surface area contributed by atoms with E-state index < -0.39 is 0 Å². The summed E-state index contributed by atoms with van der Waals surface area (Å²) in [7, 11) is 0. The molecule has 0 bridgehead atoms. The minimum atomic E-state index is -0.236. The Morgan fingerprint density at radius 3 is 1.77 bits per heavy atom. The Morgan fingerprint density at radius 2 is 1.38 bits per heavy atom. The van der Waals surface area contributed by atoms with Gasteiger partial charge in [-0.3, -0.25) is 0 Å². The van der Waals surface area contributed by atoms with Crippen LogP contribution >= 0.6 is 0 Å². The van der Waals surface area contributed by atoms with Crippen molar-refractivity contribution in [2.24, 2.45) is 0 Å². The summed E-state index contributed by atoms with van der Waals surface area (Å²) in [5, 5.41) is 0. The topological polar surface area (TPSA) is 18.5 Å². The minimum absolute atomic E-state index is 0.236. The van der Waals surface area contributed by atoms with Crippen LogP contribution in [0.15, 0.2) is 0 Å². The molecule has 0 radical (unpaired) electrons. The smallest absolute Gasteiger partial charge is 0.168 e. The summed E-state index contributed by atoms with van der Waals surface area (Å²) in [6.45, 7) is 6.13. The van der Waals surface area contributed by atoms with Crippen molar-refractivity contribution in [1.82, 2.24) is 0 Å². The highest BCUT2D eigenvalue weighted by Crippen LogP contribution is 2.28. The van der Waals surface area contributed by atoms with Crippen molar-refractivity contribution in [1.29, 1.82) is 0 Å². The van der Waals surface area contributed by atoms with Crippen LogP contribution < -0.4 is 0 Å². The molecule has 0 saturated carbocycles. The Balaban J connectivity index is 2.50. The summed E-state index contributed by atoms with van der Waals surface area (Å²) in [5.74, 6) is -0.236. The lowest BCUT2D eigenvalue weighted by Crippen LogP contribution is -2.35. The zero-order chi connectivity index (χ0) is 9.57. The zero-order valence-electron chi connectivity index (χ0n) is 8.97. The normalized spacial score (nSPS) is 22.6. The molecule has 13 heavy (non-hydrogen) atoms. The van der Waals surface area contributed by atoms with Gasteiger partial charge in [-0.05, 0) is 12.8 Å². The Labute approximate surface area is 81.6 Å². The number of hydrogen-bond donors (Lipinski definition) is 0. The Hall–Kier alpha value is -0.0800. The molecule has 2 heteroatoms. The van der Waals surface area contributed by atoms with Gasteiger partial charge in [0.05, 0.1) is 13.2 Å². The first-order valence-electron chi connectivity index (χ1n) is 5.61. The van der Waals surface area contributed by atoms with E-state index in [1.54, 1.807) is 0 Å². The third-order valence-corrected chi connectivity index (χ3v) is 2.53. The third-order valence-electron chi connectivity index (χ3n) is 2.53. The molecule has 0 atom stereocenters. The van der Waals surface area contributed by atoms with E-state index in [2.05, 4.69) is 13.8 Å². The Morgan fingerprint density at radius 1 is 0.923 bits per heavy atom. The minimum Gasteiger partial charge on any atom is -0.350 e. The van der Waals surface area contributed by atoms with Crippen molar-refractivity contribution < 1.29 is 9.47 Å². The summed E-state index contributed by atoms with van der Waals surface area (Å²) in [4.78, 5) is 0. The van der Waals surface area contributed by atoms with Gasteiger partial charge in [0.25, 0.3) is 0 Å². The van der Waals surface area contributed by atoms with Crippen molar-refractivity contribution in [3.8, 4) is 0 Å². The Bertz CT molecular complexity index is 118. The van der Waals surface area contributed by atoms with E-state index in [0.29, 0.717) is 0 Å². The molecule has 0 aromatic carbocycles. The van der Waals surface area contributed by atoms with Crippen molar-refractivity contribution in [2.75, 3.05) is 13.2 Å². The number of rotatable bonds is 4. The van der Waals surface area contributed by atoms with Crippen LogP contribution in [0.1, 0.15) is 52.4 Å². The molecule has 2 nitrogen and oxygen atoms in total. The third kappa shape index (κ3) is 3.28. The monoisotopic (exact) mass is 186 g/mol. The van der Waals surface area contributed by atoms with Crippen LogP contribution in [0.25, 0.3) is 0 Å². The highest BCUT2D eigenvalue weighted by molar-refractivity contribution is 4.71. The van der Waals surface area contributed by atoms with Gasteiger partial charge in [-0.1, -0.05) is 26.7 Å². The Kier molecular flexibility index (Phi) is 4.74. The summed E-state index contributed by atoms with van der Waals surface area (Å²) in [6.07, 6.45) is 6.66. The fraction of sp³-hybridized carbons (Fsp3) is 1.00. The number of ether oxygens (including phenoxy) is 2. The second-order valence-corrected chi connectivity index (χ2v) is 3.81. The van der Waals surface area contributed by atoms with Gasteiger partial charge in [0, 0.05) is 12.8 Å². The highest BCUT2D eigenvalue weighted by Gasteiger charge is 2.31. The molecule has 1 aliphatic heterocycles. The molecule has 0 aromatic rings. The van der Waals surface area contributed by atoms with Gasteiger partial charge in [-0.15, -0.1) is 0 Å². The maximum Gasteiger partial charge on any atom is 0.168 e. The van der Waals surface area contributed by atoms with Crippen molar-refractivity contribution >= 4 is 0 Å². The zero-order valence-corrected chi connectivity index (χ0v) is 8.97. The molecular weight excluding hydrogens is 164 g/mol. The van der Waals surface area contributed by atoms with Gasteiger partial charge in [0.2, 0.25) is 0 Å². The summed E-state index contributed by atoms with van der Waals surface area (Å²) in [6, 6.07) is 0. The lowest BCUT2D eigenvalue weighted by Gasteiger charge is -2.31. The molecule has 1 aliphatic rings. The predicted molar refractivity (Wildman–Crippen MR) is 53.7 cm³/mol. The molecule has 0 unspecified atom stereocenters. The van der Waals surface area contributed by atoms with Crippen molar-refractivity contribution in [2.45, 2.75) is 58.2 Å². The molecule has 0 amide bonds. The number of hydrogen-bond acceptors (Lipinski definition) is 2. The average Bonchev–Trinajstić information content (AvgIpc) is 2.32. The molecule has 1 rings (SSSR count). The fourth-order valence-electron chi connectivity index (χ4n) is 1.94. The van der Waals surface area contributed by atoms with Crippen molar-refractivity contribution in [3.05, 3.63) is 0 Å². The summed E-state index contributed by atoms with van der Waals surface area (Å²) >= 11 is 0. The van der Waals surface area contributed by atoms with Crippen LogP contribution in [0.5, 0.6) is 0 Å². The molecule has 0 spiro atoms. The van der Waals surface area contributed by atoms with Gasteiger partial charge in [0.15, 0.2) is 5.79 Å². The summed E-state index contributed by atoms with van der Waals surface area (Å²) < 4.78 is 11.7. The van der Waals surface area contributed by atoms with E-state index in [1.165, 1.54) is 0 Å². The largest absolute Gasteiger partial charge is 0.350 e.